The normalized spacial score (nSPS) is 29.4. The summed E-state index contributed by atoms with van der Waals surface area (Å²) in [5.74, 6) is 2.44. The highest BCUT2D eigenvalue weighted by Gasteiger charge is 2.41. The van der Waals surface area contributed by atoms with Gasteiger partial charge in [0.15, 0.2) is 0 Å². The van der Waals surface area contributed by atoms with E-state index in [4.69, 9.17) is 10.5 Å². The smallest absolute Gasteiger partial charge is 0.0795 e. The van der Waals surface area contributed by atoms with Crippen LogP contribution in [-0.4, -0.2) is 41.7 Å². The Labute approximate surface area is 132 Å². The molecule has 3 nitrogen and oxygen atoms in total. The first-order valence-electron chi connectivity index (χ1n) is 7.91. The minimum Gasteiger partial charge on any atom is -0.374 e. The van der Waals surface area contributed by atoms with Crippen molar-refractivity contribution in [1.29, 1.82) is 0 Å². The summed E-state index contributed by atoms with van der Waals surface area (Å²) in [5, 5.41) is 0. The first-order valence-corrected chi connectivity index (χ1v) is 9.06. The Morgan fingerprint density at radius 1 is 1.33 bits per heavy atom. The molecular weight excluding hydrogens is 280 g/mol. The molecule has 3 rings (SSSR count). The maximum Gasteiger partial charge on any atom is 0.0795 e. The Balaban J connectivity index is 1.60. The fourth-order valence-corrected chi connectivity index (χ4v) is 4.82. The van der Waals surface area contributed by atoms with Crippen LogP contribution in [0.15, 0.2) is 24.3 Å². The van der Waals surface area contributed by atoms with E-state index in [0.29, 0.717) is 12.6 Å². The third-order valence-electron chi connectivity index (χ3n) is 4.85. The van der Waals surface area contributed by atoms with Gasteiger partial charge in [-0.1, -0.05) is 24.3 Å². The first kappa shape index (κ1) is 15.3. The number of rotatable bonds is 4. The number of nitrogens with two attached hydrogens (primary N) is 1. The summed E-state index contributed by atoms with van der Waals surface area (Å²) in [6, 6.07) is 9.34. The van der Waals surface area contributed by atoms with Crippen molar-refractivity contribution in [2.45, 2.75) is 44.0 Å². The molecule has 0 amide bonds. The van der Waals surface area contributed by atoms with Crippen LogP contribution < -0.4 is 5.73 Å². The predicted octanol–water partition coefficient (Wildman–Crippen LogP) is 2.63. The molecule has 0 radical (unpaired) electrons. The van der Waals surface area contributed by atoms with Crippen molar-refractivity contribution in [2.75, 3.05) is 25.2 Å². The molecule has 2 heterocycles. The van der Waals surface area contributed by atoms with Crippen LogP contribution in [0, 0.1) is 0 Å². The highest BCUT2D eigenvalue weighted by molar-refractivity contribution is 7.99. The van der Waals surface area contributed by atoms with Crippen molar-refractivity contribution in [1.82, 2.24) is 4.90 Å². The van der Waals surface area contributed by atoms with Crippen LogP contribution in [-0.2, 0) is 17.8 Å². The van der Waals surface area contributed by atoms with Crippen molar-refractivity contribution in [3.8, 4) is 0 Å². The molecule has 2 aliphatic heterocycles. The molecule has 116 valence electrons. The lowest BCUT2D eigenvalue weighted by molar-refractivity contribution is -0.0874. The zero-order valence-electron chi connectivity index (χ0n) is 12.9. The minimum absolute atomic E-state index is 0.172. The van der Waals surface area contributed by atoms with Crippen molar-refractivity contribution in [2.24, 2.45) is 5.73 Å². The molecule has 2 aliphatic rings. The maximum atomic E-state index is 6.13. The molecule has 2 atom stereocenters. The van der Waals surface area contributed by atoms with Gasteiger partial charge in [-0.2, -0.15) is 11.8 Å². The number of thioether (sulfide) groups is 1. The highest BCUT2D eigenvalue weighted by Crippen LogP contribution is 2.39. The SMILES string of the molecule is CN(Cc1ccc(CN)cc1)C1CCOC2(CCSC2)C1. The molecule has 0 aliphatic carbocycles. The Bertz CT molecular complexity index is 456. The summed E-state index contributed by atoms with van der Waals surface area (Å²) in [4.78, 5) is 2.50. The van der Waals surface area contributed by atoms with Gasteiger partial charge in [-0.05, 0) is 43.2 Å². The number of hydrogen-bond acceptors (Lipinski definition) is 4. The van der Waals surface area contributed by atoms with Crippen LogP contribution in [0.3, 0.4) is 0 Å². The van der Waals surface area contributed by atoms with Crippen LogP contribution in [0.4, 0.5) is 0 Å². The summed E-state index contributed by atoms with van der Waals surface area (Å²) >= 11 is 2.05. The second kappa shape index (κ2) is 6.69. The molecule has 2 unspecified atom stereocenters. The van der Waals surface area contributed by atoms with E-state index < -0.39 is 0 Å². The molecule has 2 fully saturated rings. The van der Waals surface area contributed by atoms with Gasteiger partial charge in [-0.15, -0.1) is 0 Å². The molecule has 1 spiro atoms. The molecule has 2 saturated heterocycles. The fraction of sp³-hybridized carbons (Fsp3) is 0.647. The summed E-state index contributed by atoms with van der Waals surface area (Å²) in [6.45, 7) is 2.55. The molecule has 0 saturated carbocycles. The number of benzene rings is 1. The van der Waals surface area contributed by atoms with Gasteiger partial charge in [0.05, 0.1) is 5.60 Å². The Hall–Kier alpha value is -0.550. The maximum absolute atomic E-state index is 6.13. The van der Waals surface area contributed by atoms with Crippen molar-refractivity contribution < 1.29 is 4.74 Å². The van der Waals surface area contributed by atoms with Crippen LogP contribution in [0.5, 0.6) is 0 Å². The largest absolute Gasteiger partial charge is 0.374 e. The Morgan fingerprint density at radius 3 is 2.76 bits per heavy atom. The van der Waals surface area contributed by atoms with E-state index in [1.165, 1.54) is 35.5 Å². The van der Waals surface area contributed by atoms with Gasteiger partial charge in [-0.3, -0.25) is 4.90 Å². The van der Waals surface area contributed by atoms with Gasteiger partial charge in [0.2, 0.25) is 0 Å². The average Bonchev–Trinajstić information content (AvgIpc) is 2.96. The molecule has 0 aromatic heterocycles. The highest BCUT2D eigenvalue weighted by atomic mass is 32.2. The van der Waals surface area contributed by atoms with Gasteiger partial charge >= 0.3 is 0 Å². The quantitative estimate of drug-likeness (QED) is 0.928. The van der Waals surface area contributed by atoms with E-state index >= 15 is 0 Å². The van der Waals surface area contributed by atoms with E-state index in [2.05, 4.69) is 36.2 Å². The molecule has 1 aromatic carbocycles. The second-order valence-corrected chi connectivity index (χ2v) is 7.52. The van der Waals surface area contributed by atoms with E-state index in [1.807, 2.05) is 11.8 Å². The number of ether oxygens (including phenoxy) is 1. The number of hydrogen-bond donors (Lipinski definition) is 1. The molecule has 21 heavy (non-hydrogen) atoms. The fourth-order valence-electron chi connectivity index (χ4n) is 3.44. The summed E-state index contributed by atoms with van der Waals surface area (Å²) in [5.41, 5.74) is 8.40. The monoisotopic (exact) mass is 306 g/mol. The lowest BCUT2D eigenvalue weighted by Gasteiger charge is -2.41. The summed E-state index contributed by atoms with van der Waals surface area (Å²) in [7, 11) is 2.25. The molecule has 0 bridgehead atoms. The van der Waals surface area contributed by atoms with Crippen molar-refractivity contribution in [3.63, 3.8) is 0 Å². The van der Waals surface area contributed by atoms with E-state index in [-0.39, 0.29) is 5.60 Å². The minimum atomic E-state index is 0.172. The van der Waals surface area contributed by atoms with Gasteiger partial charge in [-0.25, -0.2) is 0 Å². The van der Waals surface area contributed by atoms with Crippen molar-refractivity contribution >= 4 is 11.8 Å². The zero-order chi connectivity index (χ0) is 14.7. The lowest BCUT2D eigenvalue weighted by atomic mass is 9.89. The molecule has 2 N–H and O–H groups in total. The summed E-state index contributed by atoms with van der Waals surface area (Å²) in [6.07, 6.45) is 3.58. The van der Waals surface area contributed by atoms with Gasteiger partial charge in [0.25, 0.3) is 0 Å². The second-order valence-electron chi connectivity index (χ2n) is 6.42. The van der Waals surface area contributed by atoms with Crippen LogP contribution in [0.2, 0.25) is 0 Å². The summed E-state index contributed by atoms with van der Waals surface area (Å²) < 4.78 is 6.13. The van der Waals surface area contributed by atoms with E-state index in [9.17, 15) is 0 Å². The average molecular weight is 306 g/mol. The van der Waals surface area contributed by atoms with E-state index in [0.717, 1.165) is 19.6 Å². The predicted molar refractivity (Wildman–Crippen MR) is 89.4 cm³/mol. The Kier molecular flexibility index (Phi) is 4.89. The van der Waals surface area contributed by atoms with E-state index in [1.54, 1.807) is 0 Å². The van der Waals surface area contributed by atoms with Gasteiger partial charge < -0.3 is 10.5 Å². The third kappa shape index (κ3) is 3.62. The first-order chi connectivity index (χ1) is 10.2. The zero-order valence-corrected chi connectivity index (χ0v) is 13.7. The Morgan fingerprint density at radius 2 is 2.10 bits per heavy atom. The topological polar surface area (TPSA) is 38.5 Å². The van der Waals surface area contributed by atoms with Crippen molar-refractivity contribution in [3.05, 3.63) is 35.4 Å². The van der Waals surface area contributed by atoms with Crippen LogP contribution in [0.25, 0.3) is 0 Å². The standard InChI is InChI=1S/C17H26N2OS/c1-19(12-15-4-2-14(11-18)3-5-15)16-6-8-20-17(10-16)7-9-21-13-17/h2-5,16H,6-13,18H2,1H3. The third-order valence-corrected chi connectivity index (χ3v) is 6.07. The number of nitrogens with zero attached hydrogens (tertiary/aromatic N) is 1. The molecule has 1 aromatic rings. The van der Waals surface area contributed by atoms with Gasteiger partial charge in [0.1, 0.15) is 0 Å². The molecule has 4 heteroatoms. The van der Waals surface area contributed by atoms with Crippen LogP contribution in [0.1, 0.15) is 30.4 Å². The molecular formula is C17H26N2OS. The van der Waals surface area contributed by atoms with Gasteiger partial charge in [0, 0.05) is 31.5 Å². The lowest BCUT2D eigenvalue weighted by Crippen LogP contribution is -2.47. The van der Waals surface area contributed by atoms with Crippen LogP contribution >= 0.6 is 11.8 Å².